The summed E-state index contributed by atoms with van der Waals surface area (Å²) >= 11 is 0. The predicted molar refractivity (Wildman–Crippen MR) is 223 cm³/mol. The Kier molecular flexibility index (Phi) is 9.90. The van der Waals surface area contributed by atoms with Crippen LogP contribution in [-0.2, 0) is 37.3 Å². The first-order valence-electron chi connectivity index (χ1n) is 19.1. The summed E-state index contributed by atoms with van der Waals surface area (Å²) in [5.41, 5.74) is 12.0. The second-order valence-electron chi connectivity index (χ2n) is 17.9. The quantitative estimate of drug-likeness (QED) is 0.128. The van der Waals surface area contributed by atoms with E-state index in [0.29, 0.717) is 11.5 Å². The molecular formula is C49H49N5OPt-2. The van der Waals surface area contributed by atoms with E-state index in [4.69, 9.17) is 9.72 Å². The van der Waals surface area contributed by atoms with Crippen LogP contribution in [0.1, 0.15) is 90.1 Å². The van der Waals surface area contributed by atoms with E-state index in [-0.39, 0.29) is 37.3 Å². The van der Waals surface area contributed by atoms with Gasteiger partial charge in [-0.25, -0.2) is 4.98 Å². The molecule has 0 fully saturated rings. The van der Waals surface area contributed by atoms with Gasteiger partial charge in [-0.05, 0) is 107 Å². The third kappa shape index (κ3) is 7.20. The first-order valence-corrected chi connectivity index (χ1v) is 19.1. The molecule has 8 rings (SSSR count). The third-order valence-corrected chi connectivity index (χ3v) is 10.7. The zero-order valence-electron chi connectivity index (χ0n) is 34.2. The Morgan fingerprint density at radius 1 is 0.643 bits per heavy atom. The van der Waals surface area contributed by atoms with Crippen molar-refractivity contribution in [1.82, 2.24) is 19.1 Å². The molecule has 0 bridgehead atoms. The number of hydrogen-bond acceptors (Lipinski definition) is 3. The van der Waals surface area contributed by atoms with Crippen molar-refractivity contribution in [2.75, 3.05) is 0 Å². The summed E-state index contributed by atoms with van der Waals surface area (Å²) in [6, 6.07) is 35.3. The number of aromatic nitrogens is 5. The fraction of sp³-hybridized carbons (Fsp3) is 0.286. The number of imidazole rings is 1. The summed E-state index contributed by atoms with van der Waals surface area (Å²) in [7, 11) is 0. The van der Waals surface area contributed by atoms with E-state index in [9.17, 15) is 0 Å². The van der Waals surface area contributed by atoms with Gasteiger partial charge in [0.05, 0.1) is 16.7 Å². The van der Waals surface area contributed by atoms with Crippen molar-refractivity contribution in [2.24, 2.45) is 0 Å². The molecule has 8 aromatic rings. The largest absolute Gasteiger partial charge is 0.508 e. The van der Waals surface area contributed by atoms with E-state index < -0.39 is 0 Å². The maximum Gasteiger partial charge on any atom is 0.268 e. The van der Waals surface area contributed by atoms with E-state index >= 15 is 0 Å². The number of rotatable bonds is 5. The molecule has 0 spiro atoms. The molecule has 0 saturated carbocycles. The number of pyridine rings is 2. The minimum absolute atomic E-state index is 0. The average molecular weight is 919 g/mol. The van der Waals surface area contributed by atoms with Crippen LogP contribution in [-0.4, -0.2) is 19.1 Å². The molecule has 0 saturated heterocycles. The first kappa shape index (κ1) is 39.2. The molecule has 288 valence electrons. The molecule has 56 heavy (non-hydrogen) atoms. The molecule has 7 heteroatoms. The minimum Gasteiger partial charge on any atom is -0.508 e. The van der Waals surface area contributed by atoms with Gasteiger partial charge < -0.3 is 18.9 Å². The van der Waals surface area contributed by atoms with Crippen molar-refractivity contribution in [1.29, 1.82) is 0 Å². The van der Waals surface area contributed by atoms with Crippen LogP contribution in [0.25, 0.3) is 50.0 Å². The van der Waals surface area contributed by atoms with Crippen LogP contribution in [0.4, 0.5) is 0 Å². The normalized spacial score (nSPS) is 12.4. The molecule has 0 N–H and O–H groups in total. The fourth-order valence-corrected chi connectivity index (χ4v) is 7.17. The van der Waals surface area contributed by atoms with Crippen molar-refractivity contribution in [3.8, 4) is 28.7 Å². The summed E-state index contributed by atoms with van der Waals surface area (Å²) in [5.74, 6) is 1.90. The third-order valence-electron chi connectivity index (χ3n) is 10.7. The number of hydrogen-bond donors (Lipinski definition) is 0. The zero-order valence-corrected chi connectivity index (χ0v) is 36.5. The van der Waals surface area contributed by atoms with Gasteiger partial charge in [0.15, 0.2) is 0 Å². The summed E-state index contributed by atoms with van der Waals surface area (Å²) in [6.45, 7) is 24.6. The fourth-order valence-electron chi connectivity index (χ4n) is 7.17. The van der Waals surface area contributed by atoms with E-state index in [1.165, 1.54) is 27.8 Å². The van der Waals surface area contributed by atoms with Gasteiger partial charge in [0.2, 0.25) is 0 Å². The molecule has 0 aliphatic carbocycles. The van der Waals surface area contributed by atoms with Crippen LogP contribution in [0, 0.1) is 32.3 Å². The SMILES string of the molecule is Cc1cc2c(cc1C)[n+](-c1cc(C(C)(C)C)cc(C(C)(C)C)c1)[c-]n2-c1[c-]c(Oc2[c-]c3c(cc2)c2ccccc2n3-c2cc(C(C)(C)C)ccn2)cnc1.[Pt]. The maximum atomic E-state index is 6.52. The molecule has 4 aromatic carbocycles. The Balaban J connectivity index is 0.00000480. The number of benzene rings is 4. The van der Waals surface area contributed by atoms with E-state index in [1.807, 2.05) is 23.0 Å². The summed E-state index contributed by atoms with van der Waals surface area (Å²) in [6.07, 6.45) is 9.09. The van der Waals surface area contributed by atoms with Crippen molar-refractivity contribution >= 4 is 32.8 Å². The van der Waals surface area contributed by atoms with Gasteiger partial charge in [-0.2, -0.15) is 6.07 Å². The van der Waals surface area contributed by atoms with E-state index in [0.717, 1.165) is 50.0 Å². The van der Waals surface area contributed by atoms with Gasteiger partial charge in [-0.3, -0.25) is 4.57 Å². The molecule has 0 aliphatic rings. The Morgan fingerprint density at radius 3 is 2.02 bits per heavy atom. The number of ether oxygens (including phenoxy) is 1. The van der Waals surface area contributed by atoms with Crippen molar-refractivity contribution in [3.63, 3.8) is 0 Å². The molecule has 0 unspecified atom stereocenters. The number of fused-ring (bicyclic) bond motifs is 4. The van der Waals surface area contributed by atoms with Gasteiger partial charge >= 0.3 is 0 Å². The van der Waals surface area contributed by atoms with Gasteiger partial charge in [-0.15, -0.1) is 23.6 Å². The van der Waals surface area contributed by atoms with Gasteiger partial charge in [0.1, 0.15) is 5.82 Å². The Bertz CT molecular complexity index is 2740. The van der Waals surface area contributed by atoms with Crippen LogP contribution in [0.2, 0.25) is 0 Å². The van der Waals surface area contributed by atoms with Gasteiger partial charge in [0, 0.05) is 44.3 Å². The smallest absolute Gasteiger partial charge is 0.268 e. The Morgan fingerprint density at radius 2 is 1.32 bits per heavy atom. The van der Waals surface area contributed by atoms with Crippen LogP contribution in [0.5, 0.6) is 11.5 Å². The molecule has 0 aliphatic heterocycles. The summed E-state index contributed by atoms with van der Waals surface area (Å²) < 4.78 is 12.9. The van der Waals surface area contributed by atoms with Crippen LogP contribution >= 0.6 is 0 Å². The molecule has 0 radical (unpaired) electrons. The zero-order chi connectivity index (χ0) is 39.0. The van der Waals surface area contributed by atoms with Gasteiger partial charge in [0.25, 0.3) is 6.33 Å². The summed E-state index contributed by atoms with van der Waals surface area (Å²) in [4.78, 5) is 9.46. The van der Waals surface area contributed by atoms with Crippen LogP contribution < -0.4 is 9.30 Å². The minimum atomic E-state index is -0.0216. The van der Waals surface area contributed by atoms with Crippen LogP contribution in [0.3, 0.4) is 0 Å². The second-order valence-corrected chi connectivity index (χ2v) is 17.9. The summed E-state index contributed by atoms with van der Waals surface area (Å²) in [5, 5.41) is 2.21. The van der Waals surface area contributed by atoms with Crippen molar-refractivity contribution in [3.05, 3.63) is 144 Å². The number of aryl methyl sites for hydroxylation is 2. The standard InChI is InChI=1S/C49H49N5O.Pt/c1-31-20-44-45(21-32(31)2)53(30-52(44)36-23-34(48(6,7)8)22-35(24-36)49(9,10)11)37-26-39(29-50-28-37)55-38-16-17-41-40-14-12-13-15-42(40)54(43(41)27-38)46-25-33(18-19-51-46)47(3,4)5;/h12-25,28-29H,1-11H3;/q-2;. The molecule has 6 nitrogen and oxygen atoms in total. The number of nitrogens with zero attached hydrogens (tertiary/aromatic N) is 5. The van der Waals surface area contributed by atoms with Gasteiger partial charge in [-0.1, -0.05) is 109 Å². The molecule has 4 aromatic heterocycles. The first-order chi connectivity index (χ1) is 26.0. The second kappa shape index (κ2) is 14.1. The molecule has 0 amide bonds. The molecule has 4 heterocycles. The molecule has 0 atom stereocenters. The Labute approximate surface area is 345 Å². The number of para-hydroxylation sites is 1. The van der Waals surface area contributed by atoms with Crippen molar-refractivity contribution < 1.29 is 30.4 Å². The van der Waals surface area contributed by atoms with E-state index in [1.54, 1.807) is 6.20 Å². The van der Waals surface area contributed by atoms with Crippen LogP contribution in [0.15, 0.2) is 97.5 Å². The molecular weight excluding hydrogens is 870 g/mol. The predicted octanol–water partition coefficient (Wildman–Crippen LogP) is 11.5. The monoisotopic (exact) mass is 918 g/mol. The topological polar surface area (TPSA) is 48.8 Å². The van der Waals surface area contributed by atoms with E-state index in [2.05, 4.69) is 182 Å². The Hall–Kier alpha value is -5.06. The van der Waals surface area contributed by atoms with Crippen molar-refractivity contribution in [2.45, 2.75) is 92.4 Å². The average Bonchev–Trinajstić information content (AvgIpc) is 3.66. The maximum absolute atomic E-state index is 6.52.